The van der Waals surface area contributed by atoms with E-state index >= 15 is 0 Å². The van der Waals surface area contributed by atoms with Gasteiger partial charge in [-0.25, -0.2) is 0 Å². The molecule has 0 aliphatic heterocycles. The molecule has 0 aliphatic carbocycles. The Morgan fingerprint density at radius 2 is 1.95 bits per heavy atom. The molecule has 0 atom stereocenters. The van der Waals surface area contributed by atoms with Crippen molar-refractivity contribution in [2.75, 3.05) is 33.4 Å². The summed E-state index contributed by atoms with van der Waals surface area (Å²) in [5.41, 5.74) is 3.65. The van der Waals surface area contributed by atoms with Gasteiger partial charge in [-0.2, -0.15) is 5.10 Å². The molecule has 0 saturated carbocycles. The number of aliphatic imine (C=N–C) groups is 1. The van der Waals surface area contributed by atoms with Crippen LogP contribution in [0.2, 0.25) is 0 Å². The van der Waals surface area contributed by atoms with E-state index in [0.29, 0.717) is 0 Å². The third-order valence-electron chi connectivity index (χ3n) is 3.51. The summed E-state index contributed by atoms with van der Waals surface area (Å²) in [7, 11) is 3.77. The fraction of sp³-hybridized carbons (Fsp3) is 0.733. The number of nitrogens with zero attached hydrogens (tertiary/aromatic N) is 3. The summed E-state index contributed by atoms with van der Waals surface area (Å²) in [5.74, 6) is 0.839. The Hall–Kier alpha value is -0.830. The van der Waals surface area contributed by atoms with E-state index in [1.807, 2.05) is 18.7 Å². The van der Waals surface area contributed by atoms with Crippen LogP contribution in [0.15, 0.2) is 4.99 Å². The Morgan fingerprint density at radius 3 is 2.50 bits per heavy atom. The van der Waals surface area contributed by atoms with E-state index in [4.69, 9.17) is 4.74 Å². The maximum Gasteiger partial charge on any atom is 0.190 e. The van der Waals surface area contributed by atoms with Crippen LogP contribution in [-0.2, 0) is 18.2 Å². The van der Waals surface area contributed by atoms with Gasteiger partial charge in [0.1, 0.15) is 0 Å². The lowest BCUT2D eigenvalue weighted by Gasteiger charge is -2.12. The van der Waals surface area contributed by atoms with Crippen molar-refractivity contribution in [1.82, 2.24) is 20.4 Å². The minimum atomic E-state index is 0. The van der Waals surface area contributed by atoms with Gasteiger partial charge in [0.25, 0.3) is 0 Å². The van der Waals surface area contributed by atoms with Crippen LogP contribution >= 0.6 is 24.0 Å². The minimum absolute atomic E-state index is 0. The summed E-state index contributed by atoms with van der Waals surface area (Å²) in [6.07, 6.45) is 1.93. The largest absolute Gasteiger partial charge is 0.382 e. The molecule has 1 rings (SSSR count). The molecule has 0 radical (unpaired) electrons. The third-order valence-corrected chi connectivity index (χ3v) is 3.51. The molecule has 0 fully saturated rings. The zero-order valence-electron chi connectivity index (χ0n) is 14.4. The Morgan fingerprint density at radius 1 is 1.27 bits per heavy atom. The van der Waals surface area contributed by atoms with Gasteiger partial charge in [0, 0.05) is 46.1 Å². The van der Waals surface area contributed by atoms with Crippen LogP contribution in [-0.4, -0.2) is 49.1 Å². The summed E-state index contributed by atoms with van der Waals surface area (Å²) in [6, 6.07) is 0. The predicted molar refractivity (Wildman–Crippen MR) is 102 cm³/mol. The van der Waals surface area contributed by atoms with Crippen molar-refractivity contribution in [3.8, 4) is 0 Å². The molecule has 0 amide bonds. The summed E-state index contributed by atoms with van der Waals surface area (Å²) >= 11 is 0. The lowest BCUT2D eigenvalue weighted by molar-refractivity contribution is 0.145. The lowest BCUT2D eigenvalue weighted by atomic mass is 10.1. The highest BCUT2D eigenvalue weighted by Crippen LogP contribution is 2.11. The van der Waals surface area contributed by atoms with Crippen LogP contribution in [0.3, 0.4) is 0 Å². The molecule has 0 aliphatic rings. The molecule has 22 heavy (non-hydrogen) atoms. The van der Waals surface area contributed by atoms with E-state index in [-0.39, 0.29) is 24.0 Å². The van der Waals surface area contributed by atoms with Crippen LogP contribution < -0.4 is 10.6 Å². The standard InChI is InChI=1S/C15H29N5O.HI/c1-6-21-11-7-9-17-15(16-4)18-10-8-14-12(2)19-20(5)13(14)3;/h6-11H2,1-5H3,(H2,16,17,18);1H. The van der Waals surface area contributed by atoms with Gasteiger partial charge in [-0.3, -0.25) is 9.67 Å². The smallest absolute Gasteiger partial charge is 0.190 e. The van der Waals surface area contributed by atoms with Gasteiger partial charge in [0.15, 0.2) is 5.96 Å². The Balaban J connectivity index is 0.00000441. The second-order valence-electron chi connectivity index (χ2n) is 5.00. The van der Waals surface area contributed by atoms with Gasteiger partial charge in [-0.15, -0.1) is 24.0 Å². The quantitative estimate of drug-likeness (QED) is 0.290. The summed E-state index contributed by atoms with van der Waals surface area (Å²) in [6.45, 7) is 9.45. The number of aromatic nitrogens is 2. The van der Waals surface area contributed by atoms with Crippen molar-refractivity contribution in [2.45, 2.75) is 33.6 Å². The van der Waals surface area contributed by atoms with Gasteiger partial charge < -0.3 is 15.4 Å². The second-order valence-corrected chi connectivity index (χ2v) is 5.00. The van der Waals surface area contributed by atoms with Crippen LogP contribution in [0.4, 0.5) is 0 Å². The molecule has 0 unspecified atom stereocenters. The number of ether oxygens (including phenoxy) is 1. The number of hydrogen-bond donors (Lipinski definition) is 2. The molecule has 0 saturated heterocycles. The van der Waals surface area contributed by atoms with Crippen LogP contribution in [0.5, 0.6) is 0 Å². The molecule has 0 aromatic carbocycles. The molecular weight excluding hydrogens is 393 g/mol. The lowest BCUT2D eigenvalue weighted by Crippen LogP contribution is -2.39. The normalized spacial score (nSPS) is 11.2. The second kappa shape index (κ2) is 11.7. The first-order valence-electron chi connectivity index (χ1n) is 7.61. The summed E-state index contributed by atoms with van der Waals surface area (Å²) in [5, 5.41) is 11.1. The van der Waals surface area contributed by atoms with E-state index in [1.54, 1.807) is 7.05 Å². The molecule has 0 spiro atoms. The molecule has 6 nitrogen and oxygen atoms in total. The highest BCUT2D eigenvalue weighted by Gasteiger charge is 2.08. The van der Waals surface area contributed by atoms with Crippen molar-refractivity contribution < 1.29 is 4.74 Å². The molecular formula is C15H30IN5O. The van der Waals surface area contributed by atoms with Gasteiger partial charge in [-0.05, 0) is 39.2 Å². The number of halogens is 1. The van der Waals surface area contributed by atoms with Crippen molar-refractivity contribution in [3.63, 3.8) is 0 Å². The number of aryl methyl sites for hydroxylation is 2. The Bertz CT molecular complexity index is 459. The first-order valence-corrected chi connectivity index (χ1v) is 7.61. The van der Waals surface area contributed by atoms with Crippen molar-refractivity contribution in [1.29, 1.82) is 0 Å². The Kier molecular flexibility index (Phi) is 11.3. The third kappa shape index (κ3) is 6.95. The fourth-order valence-corrected chi connectivity index (χ4v) is 2.23. The highest BCUT2D eigenvalue weighted by atomic mass is 127. The average molecular weight is 423 g/mol. The number of rotatable bonds is 8. The molecule has 128 valence electrons. The number of nitrogens with one attached hydrogen (secondary N) is 2. The highest BCUT2D eigenvalue weighted by molar-refractivity contribution is 14.0. The van der Waals surface area contributed by atoms with E-state index in [1.165, 1.54) is 11.3 Å². The average Bonchev–Trinajstić information content (AvgIpc) is 2.71. The SMILES string of the molecule is CCOCCCNC(=NC)NCCc1c(C)nn(C)c1C.I. The summed E-state index contributed by atoms with van der Waals surface area (Å²) < 4.78 is 7.24. The molecule has 1 aromatic rings. The maximum absolute atomic E-state index is 5.31. The molecule has 1 heterocycles. The monoisotopic (exact) mass is 423 g/mol. The van der Waals surface area contributed by atoms with E-state index in [2.05, 4.69) is 34.6 Å². The van der Waals surface area contributed by atoms with Gasteiger partial charge in [0.05, 0.1) is 5.69 Å². The molecule has 2 N–H and O–H groups in total. The number of hydrogen-bond acceptors (Lipinski definition) is 3. The van der Waals surface area contributed by atoms with Crippen molar-refractivity contribution in [2.24, 2.45) is 12.0 Å². The minimum Gasteiger partial charge on any atom is -0.382 e. The maximum atomic E-state index is 5.31. The summed E-state index contributed by atoms with van der Waals surface area (Å²) in [4.78, 5) is 4.22. The number of guanidine groups is 1. The van der Waals surface area contributed by atoms with E-state index in [9.17, 15) is 0 Å². The van der Waals surface area contributed by atoms with Gasteiger partial charge >= 0.3 is 0 Å². The zero-order valence-corrected chi connectivity index (χ0v) is 16.7. The van der Waals surface area contributed by atoms with Crippen molar-refractivity contribution >= 4 is 29.9 Å². The van der Waals surface area contributed by atoms with Gasteiger partial charge in [-0.1, -0.05) is 0 Å². The first kappa shape index (κ1) is 21.2. The molecule has 7 heteroatoms. The molecule has 0 bridgehead atoms. The van der Waals surface area contributed by atoms with E-state index in [0.717, 1.165) is 50.8 Å². The molecule has 1 aromatic heterocycles. The fourth-order valence-electron chi connectivity index (χ4n) is 2.23. The van der Waals surface area contributed by atoms with Crippen molar-refractivity contribution in [3.05, 3.63) is 17.0 Å². The van der Waals surface area contributed by atoms with Gasteiger partial charge in [0.2, 0.25) is 0 Å². The first-order chi connectivity index (χ1) is 10.1. The zero-order chi connectivity index (χ0) is 15.7. The van der Waals surface area contributed by atoms with Crippen LogP contribution in [0, 0.1) is 13.8 Å². The topological polar surface area (TPSA) is 63.5 Å². The van der Waals surface area contributed by atoms with E-state index < -0.39 is 0 Å². The van der Waals surface area contributed by atoms with Crippen LogP contribution in [0.25, 0.3) is 0 Å². The predicted octanol–water partition coefficient (Wildman–Crippen LogP) is 1.79. The van der Waals surface area contributed by atoms with Crippen LogP contribution in [0.1, 0.15) is 30.3 Å². The Labute approximate surface area is 151 Å².